The van der Waals surface area contributed by atoms with Crippen molar-refractivity contribution in [3.63, 3.8) is 0 Å². The topological polar surface area (TPSA) is 26.3 Å². The molecule has 0 aliphatic rings. The molecule has 0 amide bonds. The van der Waals surface area contributed by atoms with E-state index < -0.39 is 0 Å². The van der Waals surface area contributed by atoms with E-state index in [2.05, 4.69) is 36.4 Å². The minimum absolute atomic E-state index is 0.281. The zero-order valence-electron chi connectivity index (χ0n) is 14.0. The van der Waals surface area contributed by atoms with Gasteiger partial charge in [0.05, 0.1) is 12.2 Å². The lowest BCUT2D eigenvalue weighted by molar-refractivity contribution is 0.0527. The van der Waals surface area contributed by atoms with E-state index in [-0.39, 0.29) is 5.97 Å². The average Bonchev–Trinajstić information content (AvgIpc) is 2.67. The first-order chi connectivity index (χ1) is 12.3. The van der Waals surface area contributed by atoms with E-state index in [9.17, 15) is 4.79 Å². The van der Waals surface area contributed by atoms with Crippen LogP contribution in [0.15, 0.2) is 78.9 Å². The molecule has 0 radical (unpaired) electrons. The molecule has 2 heteroatoms. The number of fused-ring (bicyclic) bond motifs is 2. The molecule has 0 fully saturated rings. The van der Waals surface area contributed by atoms with Gasteiger partial charge in [-0.05, 0) is 40.1 Å². The van der Waals surface area contributed by atoms with Crippen molar-refractivity contribution in [2.45, 2.75) is 6.92 Å². The largest absolute Gasteiger partial charge is 0.462 e. The SMILES string of the molecule is CCOC(=O)c1ccc2ccccc2c1-c1cccc2ccccc12. The molecule has 0 aliphatic heterocycles. The van der Waals surface area contributed by atoms with Crippen molar-refractivity contribution < 1.29 is 9.53 Å². The molecule has 0 bridgehead atoms. The van der Waals surface area contributed by atoms with Gasteiger partial charge >= 0.3 is 5.97 Å². The van der Waals surface area contributed by atoms with E-state index in [1.54, 1.807) is 0 Å². The van der Waals surface area contributed by atoms with Crippen LogP contribution in [-0.4, -0.2) is 12.6 Å². The Labute approximate surface area is 146 Å². The number of rotatable bonds is 3. The van der Waals surface area contributed by atoms with Crippen molar-refractivity contribution >= 4 is 27.5 Å². The monoisotopic (exact) mass is 326 g/mol. The number of benzene rings is 4. The predicted molar refractivity (Wildman–Crippen MR) is 103 cm³/mol. The van der Waals surface area contributed by atoms with Crippen LogP contribution in [0.4, 0.5) is 0 Å². The molecule has 0 aromatic heterocycles. The first kappa shape index (κ1) is 15.4. The van der Waals surface area contributed by atoms with Gasteiger partial charge in [-0.3, -0.25) is 0 Å². The summed E-state index contributed by atoms with van der Waals surface area (Å²) in [6.07, 6.45) is 0. The predicted octanol–water partition coefficient (Wildman–Crippen LogP) is 5.84. The maximum Gasteiger partial charge on any atom is 0.338 e. The van der Waals surface area contributed by atoms with Crippen LogP contribution in [0.3, 0.4) is 0 Å². The summed E-state index contributed by atoms with van der Waals surface area (Å²) < 4.78 is 5.31. The number of ether oxygens (including phenoxy) is 1. The fraction of sp³-hybridized carbons (Fsp3) is 0.0870. The molecule has 0 saturated carbocycles. The normalized spacial score (nSPS) is 10.9. The molecular formula is C23H18O2. The van der Waals surface area contributed by atoms with Crippen LogP contribution in [-0.2, 0) is 4.74 Å². The highest BCUT2D eigenvalue weighted by atomic mass is 16.5. The molecule has 0 atom stereocenters. The number of carbonyl (C=O) groups excluding carboxylic acids is 1. The number of esters is 1. The minimum atomic E-state index is -0.281. The van der Waals surface area contributed by atoms with Crippen LogP contribution in [0.5, 0.6) is 0 Å². The van der Waals surface area contributed by atoms with Gasteiger partial charge < -0.3 is 4.74 Å². The molecule has 25 heavy (non-hydrogen) atoms. The van der Waals surface area contributed by atoms with Crippen molar-refractivity contribution in [2.24, 2.45) is 0 Å². The zero-order chi connectivity index (χ0) is 17.2. The summed E-state index contributed by atoms with van der Waals surface area (Å²) in [6, 6.07) is 26.5. The Morgan fingerprint density at radius 2 is 1.40 bits per heavy atom. The maximum absolute atomic E-state index is 12.6. The molecular weight excluding hydrogens is 308 g/mol. The Balaban J connectivity index is 2.11. The highest BCUT2D eigenvalue weighted by Crippen LogP contribution is 2.36. The van der Waals surface area contributed by atoms with Crippen LogP contribution >= 0.6 is 0 Å². The summed E-state index contributed by atoms with van der Waals surface area (Å²) in [5.74, 6) is -0.281. The fourth-order valence-electron chi connectivity index (χ4n) is 3.38. The minimum Gasteiger partial charge on any atom is -0.462 e. The standard InChI is InChI=1S/C23H18O2/c1-2-25-23(24)21-15-14-17-9-4-6-12-19(17)22(21)20-13-7-10-16-8-3-5-11-18(16)20/h3-15H,2H2,1H3. The molecule has 4 aromatic carbocycles. The summed E-state index contributed by atoms with van der Waals surface area (Å²) >= 11 is 0. The number of hydrogen-bond donors (Lipinski definition) is 0. The zero-order valence-corrected chi connectivity index (χ0v) is 14.0. The van der Waals surface area contributed by atoms with Gasteiger partial charge in [0.15, 0.2) is 0 Å². The Morgan fingerprint density at radius 3 is 2.16 bits per heavy atom. The van der Waals surface area contributed by atoms with E-state index in [4.69, 9.17) is 4.74 Å². The summed E-state index contributed by atoms with van der Waals surface area (Å²) in [7, 11) is 0. The first-order valence-corrected chi connectivity index (χ1v) is 8.46. The van der Waals surface area contributed by atoms with E-state index >= 15 is 0 Å². The highest BCUT2D eigenvalue weighted by molar-refractivity contribution is 6.12. The van der Waals surface area contributed by atoms with Gasteiger partial charge in [-0.25, -0.2) is 4.79 Å². The maximum atomic E-state index is 12.6. The molecule has 0 N–H and O–H groups in total. The molecule has 4 rings (SSSR count). The van der Waals surface area contributed by atoms with Crippen molar-refractivity contribution in [2.75, 3.05) is 6.61 Å². The fourth-order valence-corrected chi connectivity index (χ4v) is 3.38. The van der Waals surface area contributed by atoms with Crippen LogP contribution in [0.25, 0.3) is 32.7 Å². The van der Waals surface area contributed by atoms with Gasteiger partial charge in [0.25, 0.3) is 0 Å². The van der Waals surface area contributed by atoms with Crippen molar-refractivity contribution in [1.82, 2.24) is 0 Å². The van der Waals surface area contributed by atoms with E-state index in [1.807, 2.05) is 49.4 Å². The number of carbonyl (C=O) groups is 1. The molecule has 0 aliphatic carbocycles. The average molecular weight is 326 g/mol. The van der Waals surface area contributed by atoms with Crippen molar-refractivity contribution in [3.8, 4) is 11.1 Å². The molecule has 2 nitrogen and oxygen atoms in total. The smallest absolute Gasteiger partial charge is 0.338 e. The summed E-state index contributed by atoms with van der Waals surface area (Å²) in [5, 5.41) is 4.46. The number of hydrogen-bond acceptors (Lipinski definition) is 2. The molecule has 0 unspecified atom stereocenters. The lowest BCUT2D eigenvalue weighted by Crippen LogP contribution is -2.07. The van der Waals surface area contributed by atoms with E-state index in [1.165, 1.54) is 0 Å². The van der Waals surface area contributed by atoms with Crippen LogP contribution in [0.1, 0.15) is 17.3 Å². The van der Waals surface area contributed by atoms with Gasteiger partial charge in [-0.2, -0.15) is 0 Å². The van der Waals surface area contributed by atoms with Crippen molar-refractivity contribution in [3.05, 3.63) is 84.4 Å². The Kier molecular flexibility index (Phi) is 3.95. The second-order valence-corrected chi connectivity index (χ2v) is 5.96. The van der Waals surface area contributed by atoms with Gasteiger partial charge in [-0.15, -0.1) is 0 Å². The molecule has 0 saturated heterocycles. The Morgan fingerprint density at radius 1 is 0.760 bits per heavy atom. The van der Waals surface area contributed by atoms with E-state index in [0.717, 1.165) is 32.7 Å². The third-order valence-corrected chi connectivity index (χ3v) is 4.48. The third-order valence-electron chi connectivity index (χ3n) is 4.48. The van der Waals surface area contributed by atoms with Crippen molar-refractivity contribution in [1.29, 1.82) is 0 Å². The lowest BCUT2D eigenvalue weighted by Gasteiger charge is -2.15. The van der Waals surface area contributed by atoms with Crippen LogP contribution < -0.4 is 0 Å². The van der Waals surface area contributed by atoms with Gasteiger partial charge in [0.1, 0.15) is 0 Å². The Hall–Kier alpha value is -3.13. The van der Waals surface area contributed by atoms with E-state index in [0.29, 0.717) is 12.2 Å². The molecule has 122 valence electrons. The second kappa shape index (κ2) is 6.40. The van der Waals surface area contributed by atoms with Gasteiger partial charge in [-0.1, -0.05) is 72.8 Å². The first-order valence-electron chi connectivity index (χ1n) is 8.46. The summed E-state index contributed by atoms with van der Waals surface area (Å²) in [6.45, 7) is 2.19. The van der Waals surface area contributed by atoms with Crippen LogP contribution in [0, 0.1) is 0 Å². The second-order valence-electron chi connectivity index (χ2n) is 5.96. The lowest BCUT2D eigenvalue weighted by atomic mass is 9.90. The third kappa shape index (κ3) is 2.66. The highest BCUT2D eigenvalue weighted by Gasteiger charge is 2.18. The Bertz CT molecular complexity index is 1070. The molecule has 0 spiro atoms. The molecule has 4 aromatic rings. The quantitative estimate of drug-likeness (QED) is 0.442. The van der Waals surface area contributed by atoms with Crippen LogP contribution in [0.2, 0.25) is 0 Å². The summed E-state index contributed by atoms with van der Waals surface area (Å²) in [4.78, 5) is 12.6. The van der Waals surface area contributed by atoms with Gasteiger partial charge in [0.2, 0.25) is 0 Å². The summed E-state index contributed by atoms with van der Waals surface area (Å²) in [5.41, 5.74) is 2.60. The molecule has 0 heterocycles. The van der Waals surface area contributed by atoms with Gasteiger partial charge in [0, 0.05) is 5.56 Å².